The van der Waals surface area contributed by atoms with E-state index in [2.05, 4.69) is 61.2 Å². The molecule has 32 heavy (non-hydrogen) atoms. The molecule has 1 unspecified atom stereocenters. The minimum absolute atomic E-state index is 0.250. The van der Waals surface area contributed by atoms with Crippen LogP contribution in [-0.4, -0.2) is 94.0 Å². The third kappa shape index (κ3) is 4.51. The van der Waals surface area contributed by atoms with Crippen molar-refractivity contribution in [1.29, 1.82) is 0 Å². The third-order valence-corrected chi connectivity index (χ3v) is 6.55. The van der Waals surface area contributed by atoms with Crippen molar-refractivity contribution in [3.05, 3.63) is 42.0 Å². The van der Waals surface area contributed by atoms with Gasteiger partial charge >= 0.3 is 0 Å². The van der Waals surface area contributed by atoms with Crippen LogP contribution in [0, 0.1) is 5.82 Å². The van der Waals surface area contributed by atoms with Crippen molar-refractivity contribution in [3.63, 3.8) is 0 Å². The maximum atomic E-state index is 15.8. The zero-order valence-corrected chi connectivity index (χ0v) is 18.7. The minimum Gasteiger partial charge on any atom is -0.368 e. The highest BCUT2D eigenvalue weighted by Crippen LogP contribution is 2.30. The van der Waals surface area contributed by atoms with E-state index in [0.717, 1.165) is 45.8 Å². The average molecular weight is 442 g/mol. The van der Waals surface area contributed by atoms with Gasteiger partial charge in [-0.2, -0.15) is 4.39 Å². The van der Waals surface area contributed by atoms with Crippen LogP contribution in [0.4, 0.5) is 21.7 Å². The number of ether oxygens (including phenoxy) is 1. The lowest BCUT2D eigenvalue weighted by Gasteiger charge is -2.38. The Hall–Kier alpha value is -2.49. The monoisotopic (exact) mass is 441 g/mol. The smallest absolute Gasteiger partial charge is 0.208 e. The Labute approximate surface area is 189 Å². The molecule has 1 N–H and O–H groups in total. The van der Waals surface area contributed by atoms with Gasteiger partial charge in [0.05, 0.1) is 6.61 Å². The fourth-order valence-corrected chi connectivity index (χ4v) is 4.57. The summed E-state index contributed by atoms with van der Waals surface area (Å²) in [6.45, 7) is 8.47. The summed E-state index contributed by atoms with van der Waals surface area (Å²) in [6.07, 6.45) is -0.250. The Morgan fingerprint density at radius 1 is 0.875 bits per heavy atom. The van der Waals surface area contributed by atoms with E-state index in [1.165, 1.54) is 5.69 Å². The zero-order valence-electron chi connectivity index (χ0n) is 18.7. The van der Waals surface area contributed by atoms with Gasteiger partial charge in [-0.05, 0) is 19.2 Å². The summed E-state index contributed by atoms with van der Waals surface area (Å²) >= 11 is 0. The maximum absolute atomic E-state index is 15.8. The number of para-hydroxylation sites is 1. The second-order valence-corrected chi connectivity index (χ2v) is 8.71. The first kappa shape index (κ1) is 21.4. The van der Waals surface area contributed by atoms with Crippen LogP contribution < -0.4 is 20.0 Å². The van der Waals surface area contributed by atoms with Gasteiger partial charge < -0.3 is 29.7 Å². The average Bonchev–Trinajstić information content (AvgIpc) is 2.86. The van der Waals surface area contributed by atoms with Crippen LogP contribution in [0.25, 0.3) is 0 Å². The number of benzene rings is 1. The van der Waals surface area contributed by atoms with E-state index in [1.54, 1.807) is 0 Å². The van der Waals surface area contributed by atoms with Crippen molar-refractivity contribution < 1.29 is 9.13 Å². The van der Waals surface area contributed by atoms with Gasteiger partial charge in [0.25, 0.3) is 0 Å². The van der Waals surface area contributed by atoms with Crippen molar-refractivity contribution >= 4 is 17.3 Å². The first-order valence-corrected chi connectivity index (χ1v) is 11.6. The molecular weight excluding hydrogens is 409 g/mol. The number of nitrogens with one attached hydrogen (secondary N) is 1. The molecule has 3 fully saturated rings. The highest BCUT2D eigenvalue weighted by atomic mass is 19.1. The first-order valence-electron chi connectivity index (χ1n) is 11.6. The van der Waals surface area contributed by atoms with Gasteiger partial charge in [-0.15, -0.1) is 0 Å². The van der Waals surface area contributed by atoms with Gasteiger partial charge in [0.1, 0.15) is 6.10 Å². The van der Waals surface area contributed by atoms with Crippen molar-refractivity contribution in [2.45, 2.75) is 6.10 Å². The van der Waals surface area contributed by atoms with E-state index in [0.29, 0.717) is 43.7 Å². The largest absolute Gasteiger partial charge is 0.368 e. The predicted molar refractivity (Wildman–Crippen MR) is 124 cm³/mol. The highest BCUT2D eigenvalue weighted by molar-refractivity contribution is 5.55. The molecule has 3 aliphatic heterocycles. The highest BCUT2D eigenvalue weighted by Gasteiger charge is 2.30. The molecule has 4 heterocycles. The molecule has 5 rings (SSSR count). The van der Waals surface area contributed by atoms with Gasteiger partial charge in [0, 0.05) is 71.1 Å². The molecule has 172 valence electrons. The molecule has 2 aromatic rings. The number of hydrogen-bond donors (Lipinski definition) is 1. The lowest BCUT2D eigenvalue weighted by molar-refractivity contribution is 0.0221. The van der Waals surface area contributed by atoms with Crippen LogP contribution in [0.15, 0.2) is 30.3 Å². The molecule has 3 aliphatic rings. The Kier molecular flexibility index (Phi) is 6.38. The van der Waals surface area contributed by atoms with Crippen molar-refractivity contribution in [3.8, 4) is 0 Å². The molecule has 0 amide bonds. The van der Waals surface area contributed by atoms with Gasteiger partial charge in [-0.25, -0.2) is 9.97 Å². The SMILES string of the molecule is CN1CCN(c2nc(C3CNCCO3)nc(N3CCN(c4ccccc4)CC3)c2F)CC1. The van der Waals surface area contributed by atoms with E-state index < -0.39 is 0 Å². The van der Waals surface area contributed by atoms with Crippen LogP contribution in [0.2, 0.25) is 0 Å². The number of rotatable bonds is 4. The van der Waals surface area contributed by atoms with E-state index in [1.807, 2.05) is 6.07 Å². The zero-order chi connectivity index (χ0) is 21.9. The second kappa shape index (κ2) is 9.56. The molecular formula is C23H32FN7O. The standard InChI is InChI=1S/C23H32FN7O/c1-28-8-10-30(11-9-28)22-20(24)23(27-21(26-22)19-17-25-7-16-32-19)31-14-12-29(13-15-31)18-5-3-2-4-6-18/h2-6,19,25H,7-17H2,1H3. The summed E-state index contributed by atoms with van der Waals surface area (Å²) in [5, 5.41) is 3.34. The van der Waals surface area contributed by atoms with Crippen molar-refractivity contribution in [2.75, 3.05) is 93.8 Å². The molecule has 8 nitrogen and oxygen atoms in total. The molecule has 1 aromatic heterocycles. The van der Waals surface area contributed by atoms with E-state index in [-0.39, 0.29) is 11.9 Å². The predicted octanol–water partition coefficient (Wildman–Crippen LogP) is 1.36. The molecule has 0 radical (unpaired) electrons. The van der Waals surface area contributed by atoms with Gasteiger partial charge in [-0.1, -0.05) is 18.2 Å². The summed E-state index contributed by atoms with van der Waals surface area (Å²) in [5.41, 5.74) is 1.20. The first-order chi connectivity index (χ1) is 15.7. The van der Waals surface area contributed by atoms with Crippen molar-refractivity contribution in [2.24, 2.45) is 0 Å². The molecule has 3 saturated heterocycles. The lowest BCUT2D eigenvalue weighted by atomic mass is 10.2. The Balaban J connectivity index is 1.41. The molecule has 0 spiro atoms. The molecule has 1 aromatic carbocycles. The third-order valence-electron chi connectivity index (χ3n) is 6.55. The van der Waals surface area contributed by atoms with E-state index >= 15 is 4.39 Å². The Morgan fingerprint density at radius 2 is 1.47 bits per heavy atom. The molecule has 0 saturated carbocycles. The topological polar surface area (TPSA) is 60.0 Å². The summed E-state index contributed by atoms with van der Waals surface area (Å²) in [4.78, 5) is 18.1. The van der Waals surface area contributed by atoms with Gasteiger partial charge in [0.15, 0.2) is 17.5 Å². The van der Waals surface area contributed by atoms with Crippen LogP contribution in [-0.2, 0) is 4.74 Å². The van der Waals surface area contributed by atoms with E-state index in [4.69, 9.17) is 9.72 Å². The number of likely N-dealkylation sites (N-methyl/N-ethyl adjacent to an activating group) is 1. The maximum Gasteiger partial charge on any atom is 0.208 e. The summed E-state index contributed by atoms with van der Waals surface area (Å²) in [6, 6.07) is 10.4. The van der Waals surface area contributed by atoms with Crippen LogP contribution >= 0.6 is 0 Å². The normalized spacial score (nSPS) is 22.9. The number of nitrogens with zero attached hydrogens (tertiary/aromatic N) is 6. The van der Waals surface area contributed by atoms with Crippen LogP contribution in [0.5, 0.6) is 0 Å². The Bertz CT molecular complexity index is 893. The fraction of sp³-hybridized carbons (Fsp3) is 0.565. The fourth-order valence-electron chi connectivity index (χ4n) is 4.57. The number of piperazine rings is 2. The van der Waals surface area contributed by atoms with Gasteiger partial charge in [0.2, 0.25) is 5.82 Å². The number of aromatic nitrogens is 2. The second-order valence-electron chi connectivity index (χ2n) is 8.71. The number of anilines is 3. The molecule has 9 heteroatoms. The Morgan fingerprint density at radius 3 is 2.06 bits per heavy atom. The van der Waals surface area contributed by atoms with Crippen LogP contribution in [0.3, 0.4) is 0 Å². The molecule has 1 atom stereocenters. The summed E-state index contributed by atoms with van der Waals surface area (Å²) in [7, 11) is 2.10. The summed E-state index contributed by atoms with van der Waals surface area (Å²) in [5.74, 6) is 1.09. The number of morpholine rings is 1. The van der Waals surface area contributed by atoms with Crippen molar-refractivity contribution in [1.82, 2.24) is 20.2 Å². The number of halogens is 1. The minimum atomic E-state index is -0.310. The lowest BCUT2D eigenvalue weighted by Crippen LogP contribution is -2.48. The van der Waals surface area contributed by atoms with E-state index in [9.17, 15) is 0 Å². The summed E-state index contributed by atoms with van der Waals surface area (Å²) < 4.78 is 21.7. The molecule has 0 bridgehead atoms. The molecule has 0 aliphatic carbocycles. The number of hydrogen-bond acceptors (Lipinski definition) is 8. The quantitative estimate of drug-likeness (QED) is 0.763. The van der Waals surface area contributed by atoms with Gasteiger partial charge in [-0.3, -0.25) is 0 Å². The van der Waals surface area contributed by atoms with Crippen LogP contribution in [0.1, 0.15) is 11.9 Å².